The molecule has 0 spiro atoms. The number of nitrogens with one attached hydrogen (secondary N) is 1. The van der Waals surface area contributed by atoms with Crippen molar-refractivity contribution in [2.75, 3.05) is 0 Å². The lowest BCUT2D eigenvalue weighted by atomic mass is 10.6. The molecule has 5 heteroatoms. The van der Waals surface area contributed by atoms with Crippen molar-refractivity contribution in [1.29, 1.82) is 0 Å². The molecule has 2 aromatic rings. The number of aryl methyl sites for hydroxylation is 4. The highest BCUT2D eigenvalue weighted by molar-refractivity contribution is 7.11. The van der Waals surface area contributed by atoms with Crippen molar-refractivity contribution < 1.29 is 0 Å². The summed E-state index contributed by atoms with van der Waals surface area (Å²) < 4.78 is 0. The maximum absolute atomic E-state index is 4.03. The SMILES string of the molecule is CC.Cc1cnc(C)s1.Cc1n[nH]c(C)n1. The van der Waals surface area contributed by atoms with Crippen LogP contribution in [0.5, 0.6) is 0 Å². The van der Waals surface area contributed by atoms with Gasteiger partial charge in [-0.2, -0.15) is 5.10 Å². The Labute approximate surface area is 101 Å². The van der Waals surface area contributed by atoms with Gasteiger partial charge >= 0.3 is 0 Å². The van der Waals surface area contributed by atoms with E-state index in [2.05, 4.69) is 27.1 Å². The van der Waals surface area contributed by atoms with Crippen molar-refractivity contribution in [3.8, 4) is 0 Å². The molecule has 0 fully saturated rings. The van der Waals surface area contributed by atoms with Gasteiger partial charge in [0.25, 0.3) is 0 Å². The minimum Gasteiger partial charge on any atom is -0.263 e. The van der Waals surface area contributed by atoms with Gasteiger partial charge in [-0.15, -0.1) is 11.3 Å². The van der Waals surface area contributed by atoms with Crippen molar-refractivity contribution in [1.82, 2.24) is 20.2 Å². The van der Waals surface area contributed by atoms with Crippen LogP contribution >= 0.6 is 11.3 Å². The Bertz CT molecular complexity index is 321. The summed E-state index contributed by atoms with van der Waals surface area (Å²) in [6.45, 7) is 11.8. The highest BCUT2D eigenvalue weighted by Gasteiger charge is 1.86. The number of aromatic amines is 1. The summed E-state index contributed by atoms with van der Waals surface area (Å²) >= 11 is 1.73. The van der Waals surface area contributed by atoms with Gasteiger partial charge in [0.1, 0.15) is 11.6 Å². The molecule has 0 radical (unpaired) electrons. The number of aromatic nitrogens is 4. The molecule has 0 aliphatic rings. The second kappa shape index (κ2) is 7.98. The van der Waals surface area contributed by atoms with Gasteiger partial charge in [-0.05, 0) is 27.7 Å². The Morgan fingerprint density at radius 2 is 1.75 bits per heavy atom. The largest absolute Gasteiger partial charge is 0.263 e. The maximum atomic E-state index is 4.03. The monoisotopic (exact) mass is 240 g/mol. The smallest absolute Gasteiger partial charge is 0.147 e. The van der Waals surface area contributed by atoms with E-state index in [0.29, 0.717) is 0 Å². The lowest BCUT2D eigenvalue weighted by molar-refractivity contribution is 1.02. The van der Waals surface area contributed by atoms with Crippen LogP contribution in [0.25, 0.3) is 0 Å². The predicted octanol–water partition coefficient (Wildman–Crippen LogP) is 3.21. The molecular weight excluding hydrogens is 220 g/mol. The molecule has 4 nitrogen and oxygen atoms in total. The molecule has 0 saturated carbocycles. The highest BCUT2D eigenvalue weighted by atomic mass is 32.1. The van der Waals surface area contributed by atoms with Gasteiger partial charge in [0.15, 0.2) is 0 Å². The van der Waals surface area contributed by atoms with Crippen LogP contribution in [0.2, 0.25) is 0 Å². The van der Waals surface area contributed by atoms with E-state index < -0.39 is 0 Å². The lowest BCUT2D eigenvalue weighted by Gasteiger charge is -1.68. The third-order valence-electron chi connectivity index (χ3n) is 1.45. The van der Waals surface area contributed by atoms with Crippen LogP contribution in [0.1, 0.15) is 35.4 Å². The average molecular weight is 240 g/mol. The third kappa shape index (κ3) is 6.29. The van der Waals surface area contributed by atoms with Gasteiger partial charge in [-0.1, -0.05) is 13.8 Å². The number of H-pyrrole nitrogens is 1. The molecule has 90 valence electrons. The first-order chi connectivity index (χ1) is 7.58. The summed E-state index contributed by atoms with van der Waals surface area (Å²) in [7, 11) is 0. The zero-order valence-corrected chi connectivity index (χ0v) is 11.6. The number of nitrogens with zero attached hydrogens (tertiary/aromatic N) is 3. The van der Waals surface area contributed by atoms with E-state index in [4.69, 9.17) is 0 Å². The van der Waals surface area contributed by atoms with Crippen molar-refractivity contribution in [3.05, 3.63) is 27.7 Å². The zero-order valence-electron chi connectivity index (χ0n) is 10.8. The van der Waals surface area contributed by atoms with Crippen LogP contribution in [0.4, 0.5) is 0 Å². The second-order valence-electron chi connectivity index (χ2n) is 2.96. The average Bonchev–Trinajstić information content (AvgIpc) is 2.80. The first-order valence-corrected chi connectivity index (χ1v) is 6.14. The molecule has 0 bridgehead atoms. The fraction of sp³-hybridized carbons (Fsp3) is 0.545. The third-order valence-corrected chi connectivity index (χ3v) is 2.27. The van der Waals surface area contributed by atoms with Crippen LogP contribution in [0.15, 0.2) is 6.20 Å². The molecule has 0 aliphatic carbocycles. The number of rotatable bonds is 0. The molecule has 0 amide bonds. The molecule has 0 aliphatic heterocycles. The van der Waals surface area contributed by atoms with Crippen LogP contribution in [0.3, 0.4) is 0 Å². The summed E-state index contributed by atoms with van der Waals surface area (Å²) in [6, 6.07) is 0. The van der Waals surface area contributed by atoms with Crippen molar-refractivity contribution in [2.45, 2.75) is 41.5 Å². The van der Waals surface area contributed by atoms with Crippen LogP contribution in [-0.2, 0) is 0 Å². The van der Waals surface area contributed by atoms with E-state index in [0.717, 1.165) is 16.7 Å². The van der Waals surface area contributed by atoms with E-state index >= 15 is 0 Å². The van der Waals surface area contributed by atoms with Gasteiger partial charge < -0.3 is 0 Å². The van der Waals surface area contributed by atoms with Crippen LogP contribution < -0.4 is 0 Å². The fourth-order valence-electron chi connectivity index (χ4n) is 0.922. The zero-order chi connectivity index (χ0) is 12.6. The minimum absolute atomic E-state index is 0.803. The fourth-order valence-corrected chi connectivity index (χ4v) is 1.60. The van der Waals surface area contributed by atoms with Crippen molar-refractivity contribution >= 4 is 11.3 Å². The molecule has 0 atom stereocenters. The minimum atomic E-state index is 0.803. The Hall–Kier alpha value is -1.23. The summed E-state index contributed by atoms with van der Waals surface area (Å²) in [4.78, 5) is 9.27. The van der Waals surface area contributed by atoms with Crippen LogP contribution in [-0.4, -0.2) is 20.2 Å². The molecule has 16 heavy (non-hydrogen) atoms. The quantitative estimate of drug-likeness (QED) is 0.769. The summed E-state index contributed by atoms with van der Waals surface area (Å²) in [6.07, 6.45) is 1.89. The molecule has 2 rings (SSSR count). The van der Waals surface area contributed by atoms with Gasteiger partial charge in [0, 0.05) is 11.1 Å². The topological polar surface area (TPSA) is 54.5 Å². The second-order valence-corrected chi connectivity index (χ2v) is 4.40. The Morgan fingerprint density at radius 3 is 1.88 bits per heavy atom. The normalized spacial score (nSPS) is 8.62. The first kappa shape index (κ1) is 14.8. The molecule has 0 unspecified atom stereocenters. The predicted molar refractivity (Wildman–Crippen MR) is 68.8 cm³/mol. The number of thiazole rings is 1. The Balaban J connectivity index is 0.000000244. The van der Waals surface area contributed by atoms with E-state index in [1.165, 1.54) is 4.88 Å². The van der Waals surface area contributed by atoms with E-state index in [-0.39, 0.29) is 0 Å². The Morgan fingerprint density at radius 1 is 1.12 bits per heavy atom. The molecule has 2 heterocycles. The van der Waals surface area contributed by atoms with E-state index in [1.54, 1.807) is 11.3 Å². The molecule has 1 N–H and O–H groups in total. The number of hydrogen-bond acceptors (Lipinski definition) is 4. The summed E-state index contributed by atoms with van der Waals surface area (Å²) in [5.41, 5.74) is 0. The molecular formula is C11H20N4S. The van der Waals surface area contributed by atoms with Gasteiger partial charge in [-0.3, -0.25) is 5.10 Å². The van der Waals surface area contributed by atoms with Crippen LogP contribution in [0, 0.1) is 27.7 Å². The van der Waals surface area contributed by atoms with Crippen molar-refractivity contribution in [3.63, 3.8) is 0 Å². The molecule has 2 aromatic heterocycles. The standard InChI is InChI=1S/C5H7NS.C4H7N3.C2H6/c1-4-3-6-5(2)7-4;1-3-5-4(2)7-6-3;1-2/h3H,1-2H3;1-2H3,(H,5,6,7);1-2H3. The van der Waals surface area contributed by atoms with Gasteiger partial charge in [-0.25, -0.2) is 9.97 Å². The molecule has 0 aromatic carbocycles. The van der Waals surface area contributed by atoms with E-state index in [1.807, 2.05) is 40.8 Å². The Kier molecular flexibility index (Phi) is 7.37. The highest BCUT2D eigenvalue weighted by Crippen LogP contribution is 2.07. The summed E-state index contributed by atoms with van der Waals surface area (Å²) in [5, 5.41) is 7.64. The summed E-state index contributed by atoms with van der Waals surface area (Å²) in [5.74, 6) is 1.68. The van der Waals surface area contributed by atoms with Gasteiger partial charge in [0.2, 0.25) is 0 Å². The molecule has 0 saturated heterocycles. The van der Waals surface area contributed by atoms with Gasteiger partial charge in [0.05, 0.1) is 5.01 Å². The first-order valence-electron chi connectivity index (χ1n) is 5.32. The van der Waals surface area contributed by atoms with E-state index in [9.17, 15) is 0 Å². The van der Waals surface area contributed by atoms with Crippen molar-refractivity contribution in [2.24, 2.45) is 0 Å². The number of hydrogen-bond donors (Lipinski definition) is 1. The maximum Gasteiger partial charge on any atom is 0.147 e. The lowest BCUT2D eigenvalue weighted by Crippen LogP contribution is -1.70.